The molecule has 0 aliphatic rings. The van der Waals surface area contributed by atoms with E-state index in [2.05, 4.69) is 21.2 Å². The van der Waals surface area contributed by atoms with Crippen LogP contribution >= 0.6 is 27.5 Å². The van der Waals surface area contributed by atoms with Gasteiger partial charge in [-0.3, -0.25) is 0 Å². The molecule has 0 aliphatic heterocycles. The summed E-state index contributed by atoms with van der Waals surface area (Å²) in [6.07, 6.45) is 0. The minimum Gasteiger partial charge on any atom is -0.379 e. The lowest BCUT2D eigenvalue weighted by Gasteiger charge is -2.08. The van der Waals surface area contributed by atoms with Gasteiger partial charge in [-0.25, -0.2) is 4.39 Å². The first-order valence-corrected chi connectivity index (χ1v) is 6.25. The molecule has 0 heterocycles. The molecule has 2 aromatic carbocycles. The minimum atomic E-state index is -0.338. The normalized spacial score (nSPS) is 10.3. The van der Waals surface area contributed by atoms with E-state index in [0.29, 0.717) is 17.3 Å². The van der Waals surface area contributed by atoms with Crippen LogP contribution in [0.2, 0.25) is 5.02 Å². The second-order valence-electron chi connectivity index (χ2n) is 3.60. The smallest absolute Gasteiger partial charge is 0.147 e. The maximum atomic E-state index is 13.5. The van der Waals surface area contributed by atoms with Crippen LogP contribution < -0.4 is 5.32 Å². The fourth-order valence-corrected chi connectivity index (χ4v) is 1.86. The lowest BCUT2D eigenvalue weighted by Crippen LogP contribution is -2.01. The number of halogens is 3. The highest BCUT2D eigenvalue weighted by Gasteiger charge is 2.02. The van der Waals surface area contributed by atoms with E-state index >= 15 is 0 Å². The molecule has 88 valence electrons. The summed E-state index contributed by atoms with van der Waals surface area (Å²) in [5.41, 5.74) is 1.54. The zero-order chi connectivity index (χ0) is 12.3. The minimum absolute atomic E-state index is 0.338. The Balaban J connectivity index is 2.04. The molecular weight excluding hydrogens is 305 g/mol. The standard InChI is InChI=1S/C13H10BrClFN/c14-10-3-1-9(2-4-10)8-17-13-6-5-11(15)7-12(13)16/h1-7,17H,8H2. The molecule has 2 rings (SSSR count). The van der Waals surface area contributed by atoms with Crippen molar-refractivity contribution in [3.63, 3.8) is 0 Å². The van der Waals surface area contributed by atoms with Gasteiger partial charge in [0.15, 0.2) is 0 Å². The van der Waals surface area contributed by atoms with Crippen molar-refractivity contribution in [3.8, 4) is 0 Å². The molecule has 0 saturated carbocycles. The molecule has 0 aromatic heterocycles. The summed E-state index contributed by atoms with van der Waals surface area (Å²) in [6.45, 7) is 0.575. The average Bonchev–Trinajstić information content (AvgIpc) is 2.30. The van der Waals surface area contributed by atoms with Crippen LogP contribution in [0.4, 0.5) is 10.1 Å². The van der Waals surface area contributed by atoms with Crippen LogP contribution in [0.3, 0.4) is 0 Å². The molecule has 4 heteroatoms. The number of anilines is 1. The molecule has 0 spiro atoms. The van der Waals surface area contributed by atoms with E-state index in [0.717, 1.165) is 10.0 Å². The average molecular weight is 315 g/mol. The van der Waals surface area contributed by atoms with Crippen LogP contribution in [-0.4, -0.2) is 0 Å². The lowest BCUT2D eigenvalue weighted by molar-refractivity contribution is 0.630. The Morgan fingerprint density at radius 1 is 1.12 bits per heavy atom. The van der Waals surface area contributed by atoms with Crippen molar-refractivity contribution in [2.24, 2.45) is 0 Å². The zero-order valence-corrected chi connectivity index (χ0v) is 11.2. The van der Waals surface area contributed by atoms with Gasteiger partial charge in [-0.15, -0.1) is 0 Å². The summed E-state index contributed by atoms with van der Waals surface area (Å²) in [5, 5.41) is 3.43. The molecule has 17 heavy (non-hydrogen) atoms. The second kappa shape index (κ2) is 5.52. The Morgan fingerprint density at radius 2 is 1.82 bits per heavy atom. The van der Waals surface area contributed by atoms with Crippen molar-refractivity contribution >= 4 is 33.2 Å². The molecule has 2 aromatic rings. The second-order valence-corrected chi connectivity index (χ2v) is 4.96. The quantitative estimate of drug-likeness (QED) is 0.853. The summed E-state index contributed by atoms with van der Waals surface area (Å²) in [6, 6.07) is 12.5. The lowest BCUT2D eigenvalue weighted by atomic mass is 10.2. The van der Waals surface area contributed by atoms with Gasteiger partial charge < -0.3 is 5.32 Å². The van der Waals surface area contributed by atoms with Crippen molar-refractivity contribution in [1.29, 1.82) is 0 Å². The molecule has 0 atom stereocenters. The number of benzene rings is 2. The monoisotopic (exact) mass is 313 g/mol. The van der Waals surface area contributed by atoms with Crippen molar-refractivity contribution in [2.75, 3.05) is 5.32 Å². The Labute approximate surface area is 113 Å². The van der Waals surface area contributed by atoms with Gasteiger partial charge in [0.05, 0.1) is 5.69 Å². The van der Waals surface area contributed by atoms with Crippen molar-refractivity contribution < 1.29 is 4.39 Å². The van der Waals surface area contributed by atoms with Crippen LogP contribution in [0.1, 0.15) is 5.56 Å². The van der Waals surface area contributed by atoms with Crippen LogP contribution in [0.5, 0.6) is 0 Å². The van der Waals surface area contributed by atoms with Crippen molar-refractivity contribution in [2.45, 2.75) is 6.54 Å². The Hall–Kier alpha value is -1.06. The summed E-state index contributed by atoms with van der Waals surface area (Å²) in [5.74, 6) is -0.338. The summed E-state index contributed by atoms with van der Waals surface area (Å²) in [7, 11) is 0. The third kappa shape index (κ3) is 3.45. The molecule has 0 radical (unpaired) electrons. The van der Waals surface area contributed by atoms with Gasteiger partial charge in [-0.05, 0) is 35.9 Å². The molecule has 1 N–H and O–H groups in total. The summed E-state index contributed by atoms with van der Waals surface area (Å²) < 4.78 is 14.5. The van der Waals surface area contributed by atoms with Gasteiger partial charge in [0.2, 0.25) is 0 Å². The number of hydrogen-bond donors (Lipinski definition) is 1. The number of nitrogens with one attached hydrogen (secondary N) is 1. The van der Waals surface area contributed by atoms with E-state index in [1.807, 2.05) is 24.3 Å². The molecular formula is C13H10BrClFN. The predicted octanol–water partition coefficient (Wildman–Crippen LogP) is 4.85. The summed E-state index contributed by atoms with van der Waals surface area (Å²) >= 11 is 9.04. The van der Waals surface area contributed by atoms with Gasteiger partial charge in [0.1, 0.15) is 5.82 Å². The molecule has 0 unspecified atom stereocenters. The fourth-order valence-electron chi connectivity index (χ4n) is 1.43. The predicted molar refractivity (Wildman–Crippen MR) is 72.9 cm³/mol. The van der Waals surface area contributed by atoms with Crippen LogP contribution in [0.15, 0.2) is 46.9 Å². The van der Waals surface area contributed by atoms with E-state index < -0.39 is 0 Å². The highest BCUT2D eigenvalue weighted by Crippen LogP contribution is 2.19. The van der Waals surface area contributed by atoms with E-state index in [4.69, 9.17) is 11.6 Å². The van der Waals surface area contributed by atoms with Gasteiger partial charge in [-0.1, -0.05) is 39.7 Å². The van der Waals surface area contributed by atoms with Crippen LogP contribution in [-0.2, 0) is 6.54 Å². The van der Waals surface area contributed by atoms with E-state index in [9.17, 15) is 4.39 Å². The van der Waals surface area contributed by atoms with Gasteiger partial charge in [-0.2, -0.15) is 0 Å². The Kier molecular flexibility index (Phi) is 4.02. The van der Waals surface area contributed by atoms with E-state index in [1.165, 1.54) is 6.07 Å². The summed E-state index contributed by atoms with van der Waals surface area (Å²) in [4.78, 5) is 0. The third-order valence-corrected chi connectivity index (χ3v) is 3.09. The zero-order valence-electron chi connectivity index (χ0n) is 8.88. The third-order valence-electron chi connectivity index (χ3n) is 2.33. The topological polar surface area (TPSA) is 12.0 Å². The molecule has 0 bridgehead atoms. The van der Waals surface area contributed by atoms with E-state index in [1.54, 1.807) is 12.1 Å². The number of rotatable bonds is 3. The number of hydrogen-bond acceptors (Lipinski definition) is 1. The molecule has 0 fully saturated rings. The first-order valence-electron chi connectivity index (χ1n) is 5.08. The fraction of sp³-hybridized carbons (Fsp3) is 0.0769. The van der Waals surface area contributed by atoms with Crippen molar-refractivity contribution in [3.05, 3.63) is 63.3 Å². The molecule has 0 saturated heterocycles. The van der Waals surface area contributed by atoms with Crippen molar-refractivity contribution in [1.82, 2.24) is 0 Å². The van der Waals surface area contributed by atoms with Gasteiger partial charge >= 0.3 is 0 Å². The Morgan fingerprint density at radius 3 is 2.47 bits per heavy atom. The molecule has 0 aliphatic carbocycles. The maximum absolute atomic E-state index is 13.5. The van der Waals surface area contributed by atoms with E-state index in [-0.39, 0.29) is 5.82 Å². The van der Waals surface area contributed by atoms with Crippen LogP contribution in [0.25, 0.3) is 0 Å². The largest absolute Gasteiger partial charge is 0.379 e. The molecule has 0 amide bonds. The maximum Gasteiger partial charge on any atom is 0.147 e. The molecule has 1 nitrogen and oxygen atoms in total. The Bertz CT molecular complexity index is 513. The SMILES string of the molecule is Fc1cc(Cl)ccc1NCc1ccc(Br)cc1. The first-order chi connectivity index (χ1) is 8.15. The van der Waals surface area contributed by atoms with Gasteiger partial charge in [0, 0.05) is 16.0 Å². The van der Waals surface area contributed by atoms with Gasteiger partial charge in [0.25, 0.3) is 0 Å². The highest BCUT2D eigenvalue weighted by atomic mass is 79.9. The van der Waals surface area contributed by atoms with Crippen LogP contribution in [0, 0.1) is 5.82 Å². The highest BCUT2D eigenvalue weighted by molar-refractivity contribution is 9.10. The first kappa shape index (κ1) is 12.4.